The summed E-state index contributed by atoms with van der Waals surface area (Å²) in [5.74, 6) is 1.34. The van der Waals surface area contributed by atoms with Gasteiger partial charge in [0.1, 0.15) is 5.82 Å². The number of aryl methyl sites for hydroxylation is 1. The molecule has 0 aliphatic heterocycles. The van der Waals surface area contributed by atoms with Crippen LogP contribution in [0.3, 0.4) is 0 Å². The van der Waals surface area contributed by atoms with Gasteiger partial charge < -0.3 is 9.72 Å². The third kappa shape index (κ3) is 4.22. The number of rotatable bonds is 5. The van der Waals surface area contributed by atoms with Crippen LogP contribution in [0.15, 0.2) is 42.6 Å². The molecular weight excluding hydrogens is 334 g/mol. The molecule has 4 heteroatoms. The van der Waals surface area contributed by atoms with Crippen molar-refractivity contribution in [2.75, 3.05) is 6.61 Å². The first kappa shape index (κ1) is 18.2. The van der Waals surface area contributed by atoms with Crippen LogP contribution in [0.4, 0.5) is 0 Å². The van der Waals surface area contributed by atoms with Gasteiger partial charge >= 0.3 is 0 Å². The van der Waals surface area contributed by atoms with Crippen molar-refractivity contribution in [2.24, 2.45) is 5.41 Å². The van der Waals surface area contributed by atoms with Crippen LogP contribution in [0.25, 0.3) is 10.9 Å². The van der Waals surface area contributed by atoms with Crippen molar-refractivity contribution in [1.29, 1.82) is 0 Å². The number of aromatic amines is 1. The molecule has 3 aromatic rings. The summed E-state index contributed by atoms with van der Waals surface area (Å²) >= 11 is 0. The molecule has 0 bridgehead atoms. The summed E-state index contributed by atoms with van der Waals surface area (Å²) < 4.78 is 6.37. The van der Waals surface area contributed by atoms with Crippen LogP contribution >= 0.6 is 0 Å². The Morgan fingerprint density at radius 3 is 2.81 bits per heavy atom. The summed E-state index contributed by atoms with van der Waals surface area (Å²) in [6.45, 7) is 7.43. The van der Waals surface area contributed by atoms with Crippen molar-refractivity contribution in [2.45, 2.75) is 58.5 Å². The molecule has 0 saturated heterocycles. The summed E-state index contributed by atoms with van der Waals surface area (Å²) in [6.07, 6.45) is 6.55. The molecule has 142 valence electrons. The van der Waals surface area contributed by atoms with E-state index >= 15 is 0 Å². The van der Waals surface area contributed by atoms with E-state index in [0.29, 0.717) is 17.9 Å². The fraction of sp³-hybridized carbons (Fsp3) is 0.478. The minimum absolute atomic E-state index is 0.237. The standard InChI is InChI=1S/C23H29N3O/c1-16-24-15-21(25-16)19-14-23(2,3)12-10-22(19)27-13-11-18-9-8-17-6-4-5-7-20(17)26-18/h4-9,15,19,22H,10-14H2,1-3H3,(H,24,25). The Bertz CT molecular complexity index is 915. The lowest BCUT2D eigenvalue weighted by molar-refractivity contribution is -0.0123. The van der Waals surface area contributed by atoms with E-state index in [1.165, 1.54) is 11.8 Å². The fourth-order valence-electron chi connectivity index (χ4n) is 4.25. The fourth-order valence-corrected chi connectivity index (χ4v) is 4.25. The van der Waals surface area contributed by atoms with Gasteiger partial charge in [-0.1, -0.05) is 38.1 Å². The van der Waals surface area contributed by atoms with Crippen molar-refractivity contribution < 1.29 is 4.74 Å². The second kappa shape index (κ2) is 7.43. The Morgan fingerprint density at radius 2 is 2.00 bits per heavy atom. The second-order valence-electron chi connectivity index (χ2n) is 8.58. The monoisotopic (exact) mass is 363 g/mol. The third-order valence-corrected chi connectivity index (χ3v) is 5.78. The average molecular weight is 364 g/mol. The van der Waals surface area contributed by atoms with E-state index in [0.717, 1.165) is 42.0 Å². The van der Waals surface area contributed by atoms with Crippen LogP contribution < -0.4 is 0 Å². The second-order valence-corrected chi connectivity index (χ2v) is 8.58. The van der Waals surface area contributed by atoms with Gasteiger partial charge in [0.05, 0.1) is 23.9 Å². The molecule has 2 unspecified atom stereocenters. The van der Waals surface area contributed by atoms with E-state index in [1.807, 2.05) is 19.1 Å². The Balaban J connectivity index is 1.42. The number of H-pyrrole nitrogens is 1. The van der Waals surface area contributed by atoms with Gasteiger partial charge in [0.25, 0.3) is 0 Å². The number of ether oxygens (including phenoxy) is 1. The first-order valence-electron chi connectivity index (χ1n) is 9.98. The highest BCUT2D eigenvalue weighted by atomic mass is 16.5. The van der Waals surface area contributed by atoms with Gasteiger partial charge in [-0.3, -0.25) is 4.98 Å². The summed E-state index contributed by atoms with van der Waals surface area (Å²) in [6, 6.07) is 12.5. The predicted molar refractivity (Wildman–Crippen MR) is 109 cm³/mol. The largest absolute Gasteiger partial charge is 0.377 e. The van der Waals surface area contributed by atoms with Crippen molar-refractivity contribution in [3.8, 4) is 0 Å². The van der Waals surface area contributed by atoms with Crippen molar-refractivity contribution in [3.63, 3.8) is 0 Å². The molecule has 2 atom stereocenters. The predicted octanol–water partition coefficient (Wildman–Crippen LogP) is 5.19. The molecule has 4 nitrogen and oxygen atoms in total. The zero-order valence-corrected chi connectivity index (χ0v) is 16.5. The molecule has 1 aliphatic rings. The Kier molecular flexibility index (Phi) is 5.00. The maximum atomic E-state index is 6.37. The molecule has 0 amide bonds. The van der Waals surface area contributed by atoms with Crippen LogP contribution in [-0.2, 0) is 11.2 Å². The number of benzene rings is 1. The summed E-state index contributed by atoms with van der Waals surface area (Å²) in [7, 11) is 0. The number of pyridine rings is 1. The molecule has 0 spiro atoms. The highest BCUT2D eigenvalue weighted by Gasteiger charge is 2.37. The van der Waals surface area contributed by atoms with Gasteiger partial charge in [-0.2, -0.15) is 0 Å². The molecule has 2 aromatic heterocycles. The smallest absolute Gasteiger partial charge is 0.103 e. The summed E-state index contributed by atoms with van der Waals surface area (Å²) in [5, 5.41) is 1.19. The topological polar surface area (TPSA) is 50.8 Å². The molecule has 1 saturated carbocycles. The normalized spacial score (nSPS) is 22.2. The quantitative estimate of drug-likeness (QED) is 0.679. The van der Waals surface area contributed by atoms with Crippen LogP contribution in [0.1, 0.15) is 56.2 Å². The molecule has 1 aliphatic carbocycles. The molecule has 1 fully saturated rings. The van der Waals surface area contributed by atoms with Crippen LogP contribution in [0.5, 0.6) is 0 Å². The number of fused-ring (bicyclic) bond motifs is 1. The third-order valence-electron chi connectivity index (χ3n) is 5.78. The number of para-hydroxylation sites is 1. The minimum atomic E-state index is 0.237. The first-order chi connectivity index (χ1) is 13.0. The molecule has 2 heterocycles. The Labute approximate surface area is 161 Å². The first-order valence-corrected chi connectivity index (χ1v) is 9.98. The van der Waals surface area contributed by atoms with E-state index < -0.39 is 0 Å². The van der Waals surface area contributed by atoms with E-state index in [4.69, 9.17) is 14.7 Å². The van der Waals surface area contributed by atoms with E-state index in [-0.39, 0.29) is 6.10 Å². The number of imidazole rings is 1. The number of aromatic nitrogens is 3. The lowest BCUT2D eigenvalue weighted by Gasteiger charge is -2.40. The van der Waals surface area contributed by atoms with Gasteiger partial charge in [-0.25, -0.2) is 4.98 Å². The highest BCUT2D eigenvalue weighted by Crippen LogP contribution is 2.44. The molecular formula is C23H29N3O. The average Bonchev–Trinajstić information content (AvgIpc) is 3.09. The van der Waals surface area contributed by atoms with E-state index in [2.05, 4.69) is 49.3 Å². The Hall–Kier alpha value is -2.20. The number of hydrogen-bond donors (Lipinski definition) is 1. The summed E-state index contributed by atoms with van der Waals surface area (Å²) in [5.41, 5.74) is 3.64. The van der Waals surface area contributed by atoms with Gasteiger partial charge in [0.15, 0.2) is 0 Å². The van der Waals surface area contributed by atoms with Crippen molar-refractivity contribution in [1.82, 2.24) is 15.0 Å². The maximum absolute atomic E-state index is 6.37. The number of nitrogens with zero attached hydrogens (tertiary/aromatic N) is 2. The zero-order valence-electron chi connectivity index (χ0n) is 16.5. The van der Waals surface area contributed by atoms with Gasteiger partial charge in [-0.05, 0) is 43.7 Å². The molecule has 4 rings (SSSR count). The lowest BCUT2D eigenvalue weighted by Crippen LogP contribution is -2.34. The minimum Gasteiger partial charge on any atom is -0.377 e. The van der Waals surface area contributed by atoms with Crippen molar-refractivity contribution >= 4 is 10.9 Å². The zero-order chi connectivity index (χ0) is 18.9. The SMILES string of the molecule is Cc1nc(C2CC(C)(C)CCC2OCCc2ccc3ccccc3n2)c[nH]1. The van der Waals surface area contributed by atoms with E-state index in [9.17, 15) is 0 Å². The number of hydrogen-bond acceptors (Lipinski definition) is 3. The van der Waals surface area contributed by atoms with Gasteiger partial charge in [-0.15, -0.1) is 0 Å². The molecule has 1 N–H and O–H groups in total. The van der Waals surface area contributed by atoms with Crippen molar-refractivity contribution in [3.05, 3.63) is 59.8 Å². The van der Waals surface area contributed by atoms with Gasteiger partial charge in [0, 0.05) is 29.6 Å². The van der Waals surface area contributed by atoms with Crippen LogP contribution in [-0.4, -0.2) is 27.7 Å². The van der Waals surface area contributed by atoms with Crippen LogP contribution in [0, 0.1) is 12.3 Å². The maximum Gasteiger partial charge on any atom is 0.103 e. The highest BCUT2D eigenvalue weighted by molar-refractivity contribution is 5.78. The summed E-state index contributed by atoms with van der Waals surface area (Å²) in [4.78, 5) is 12.7. The molecule has 0 radical (unpaired) electrons. The van der Waals surface area contributed by atoms with E-state index in [1.54, 1.807) is 0 Å². The van der Waals surface area contributed by atoms with Gasteiger partial charge in [0.2, 0.25) is 0 Å². The lowest BCUT2D eigenvalue weighted by atomic mass is 9.70. The molecule has 27 heavy (non-hydrogen) atoms. The van der Waals surface area contributed by atoms with Crippen LogP contribution in [0.2, 0.25) is 0 Å². The molecule has 1 aromatic carbocycles. The number of nitrogens with one attached hydrogen (secondary N) is 1. The Morgan fingerprint density at radius 1 is 1.15 bits per heavy atom.